The molecule has 0 fully saturated rings. The van der Waals surface area contributed by atoms with E-state index in [4.69, 9.17) is 0 Å². The van der Waals surface area contributed by atoms with Gasteiger partial charge in [-0.05, 0) is 93.4 Å². The van der Waals surface area contributed by atoms with Crippen LogP contribution in [0.5, 0.6) is 5.75 Å². The Morgan fingerprint density at radius 2 is 1.30 bits per heavy atom. The maximum absolute atomic E-state index is 9.69. The van der Waals surface area contributed by atoms with E-state index in [9.17, 15) is 5.11 Å². The molecule has 0 bridgehead atoms. The molecule has 0 amide bonds. The zero-order chi connectivity index (χ0) is 20.5. The van der Waals surface area contributed by atoms with Crippen molar-refractivity contribution in [2.45, 2.75) is 19.8 Å². The van der Waals surface area contributed by atoms with Gasteiger partial charge in [0, 0.05) is 0 Å². The number of aromatic hydroxyl groups is 1. The van der Waals surface area contributed by atoms with E-state index in [1.807, 2.05) is 12.1 Å². The summed E-state index contributed by atoms with van der Waals surface area (Å²) in [6.07, 6.45) is 1.76. The molecular weight excluding hydrogens is 364 g/mol. The van der Waals surface area contributed by atoms with Gasteiger partial charge in [0.1, 0.15) is 5.75 Å². The Labute approximate surface area is 177 Å². The molecule has 0 aliphatic rings. The summed E-state index contributed by atoms with van der Waals surface area (Å²) in [5.41, 5.74) is 6.63. The van der Waals surface area contributed by atoms with Gasteiger partial charge >= 0.3 is 0 Å². The van der Waals surface area contributed by atoms with Crippen molar-refractivity contribution in [1.29, 1.82) is 0 Å². The second-order valence-corrected chi connectivity index (χ2v) is 8.07. The number of phenols is 1. The minimum Gasteiger partial charge on any atom is -0.508 e. The van der Waals surface area contributed by atoms with Gasteiger partial charge in [0.25, 0.3) is 0 Å². The van der Waals surface area contributed by atoms with E-state index in [2.05, 4.69) is 79.7 Å². The Morgan fingerprint density at radius 3 is 2.07 bits per heavy atom. The molecule has 1 heteroatoms. The van der Waals surface area contributed by atoms with Crippen molar-refractivity contribution in [3.8, 4) is 5.75 Å². The summed E-state index contributed by atoms with van der Waals surface area (Å²) < 4.78 is 0. The highest BCUT2D eigenvalue weighted by Gasteiger charge is 2.12. The van der Waals surface area contributed by atoms with Crippen molar-refractivity contribution >= 4 is 21.5 Å². The van der Waals surface area contributed by atoms with E-state index in [0.29, 0.717) is 5.75 Å². The largest absolute Gasteiger partial charge is 0.508 e. The van der Waals surface area contributed by atoms with E-state index < -0.39 is 0 Å². The first kappa shape index (κ1) is 18.4. The Morgan fingerprint density at radius 1 is 0.600 bits per heavy atom. The number of fused-ring (bicyclic) bond motifs is 2. The highest BCUT2D eigenvalue weighted by atomic mass is 16.3. The first-order valence-corrected chi connectivity index (χ1v) is 10.4. The van der Waals surface area contributed by atoms with E-state index in [0.717, 1.165) is 12.8 Å². The topological polar surface area (TPSA) is 20.2 Å². The van der Waals surface area contributed by atoms with Crippen LogP contribution in [0.2, 0.25) is 0 Å². The van der Waals surface area contributed by atoms with Gasteiger partial charge in [-0.2, -0.15) is 0 Å². The first-order valence-electron chi connectivity index (χ1n) is 10.4. The lowest BCUT2D eigenvalue weighted by Gasteiger charge is -2.16. The molecule has 0 spiro atoms. The number of hydrogen-bond acceptors (Lipinski definition) is 1. The maximum Gasteiger partial charge on any atom is 0.115 e. The minimum absolute atomic E-state index is 0.308. The summed E-state index contributed by atoms with van der Waals surface area (Å²) in [5, 5.41) is 14.8. The Hall–Kier alpha value is -3.58. The van der Waals surface area contributed by atoms with Gasteiger partial charge in [-0.3, -0.25) is 0 Å². The smallest absolute Gasteiger partial charge is 0.115 e. The third kappa shape index (κ3) is 3.55. The third-order valence-corrected chi connectivity index (χ3v) is 6.05. The van der Waals surface area contributed by atoms with E-state index in [1.54, 1.807) is 12.1 Å². The molecule has 0 saturated heterocycles. The first-order chi connectivity index (χ1) is 14.7. The molecule has 146 valence electrons. The number of benzene rings is 5. The molecule has 0 aliphatic carbocycles. The fraction of sp³-hybridized carbons (Fsp3) is 0.103. The lowest BCUT2D eigenvalue weighted by molar-refractivity contribution is 0.475. The Bertz CT molecular complexity index is 1350. The molecule has 0 aliphatic heterocycles. The van der Waals surface area contributed by atoms with Crippen LogP contribution in [0.15, 0.2) is 97.1 Å². The van der Waals surface area contributed by atoms with Crippen molar-refractivity contribution in [3.63, 3.8) is 0 Å². The van der Waals surface area contributed by atoms with Crippen LogP contribution in [-0.4, -0.2) is 5.11 Å². The van der Waals surface area contributed by atoms with Crippen LogP contribution in [0, 0.1) is 6.92 Å². The number of phenolic OH excluding ortho intramolecular Hbond substituents is 1. The highest BCUT2D eigenvalue weighted by molar-refractivity contribution is 6.00. The molecule has 0 saturated carbocycles. The van der Waals surface area contributed by atoms with Gasteiger partial charge in [-0.15, -0.1) is 0 Å². The summed E-state index contributed by atoms with van der Waals surface area (Å²) in [5.74, 6) is 0.308. The average Bonchev–Trinajstić information content (AvgIpc) is 2.77. The summed E-state index contributed by atoms with van der Waals surface area (Å²) >= 11 is 0. The maximum atomic E-state index is 9.69. The molecule has 5 aromatic rings. The van der Waals surface area contributed by atoms with Crippen LogP contribution in [0.1, 0.15) is 27.8 Å². The summed E-state index contributed by atoms with van der Waals surface area (Å²) in [4.78, 5) is 0. The van der Waals surface area contributed by atoms with Crippen molar-refractivity contribution in [1.82, 2.24) is 0 Å². The van der Waals surface area contributed by atoms with Crippen molar-refractivity contribution < 1.29 is 5.11 Å². The molecule has 1 nitrogen and oxygen atoms in total. The van der Waals surface area contributed by atoms with E-state index >= 15 is 0 Å². The van der Waals surface area contributed by atoms with E-state index in [-0.39, 0.29) is 0 Å². The van der Waals surface area contributed by atoms with Crippen LogP contribution < -0.4 is 0 Å². The minimum atomic E-state index is 0.308. The number of rotatable bonds is 4. The molecular formula is C29H24O. The normalized spacial score (nSPS) is 11.2. The molecule has 1 N–H and O–H groups in total. The summed E-state index contributed by atoms with van der Waals surface area (Å²) in [6.45, 7) is 2.18. The Kier molecular flexibility index (Phi) is 4.72. The van der Waals surface area contributed by atoms with Crippen molar-refractivity contribution in [2.24, 2.45) is 0 Å². The molecule has 5 aromatic carbocycles. The zero-order valence-corrected chi connectivity index (χ0v) is 17.1. The molecule has 0 radical (unpaired) electrons. The zero-order valence-electron chi connectivity index (χ0n) is 17.1. The molecule has 0 heterocycles. The summed E-state index contributed by atoms with van der Waals surface area (Å²) in [7, 11) is 0. The van der Waals surface area contributed by atoms with Gasteiger partial charge in [0.2, 0.25) is 0 Å². The summed E-state index contributed by atoms with van der Waals surface area (Å²) in [6, 6.07) is 34.0. The van der Waals surface area contributed by atoms with Gasteiger partial charge in [-0.1, -0.05) is 72.8 Å². The number of hydrogen-bond donors (Lipinski definition) is 1. The molecule has 0 unspecified atom stereocenters. The quantitative estimate of drug-likeness (QED) is 0.323. The highest BCUT2D eigenvalue weighted by Crippen LogP contribution is 2.31. The lowest BCUT2D eigenvalue weighted by Crippen LogP contribution is -2.00. The molecule has 30 heavy (non-hydrogen) atoms. The van der Waals surface area contributed by atoms with Gasteiger partial charge in [-0.25, -0.2) is 0 Å². The van der Waals surface area contributed by atoms with Gasteiger partial charge in [0.05, 0.1) is 0 Å². The van der Waals surface area contributed by atoms with Crippen LogP contribution in [0.4, 0.5) is 0 Å². The lowest BCUT2D eigenvalue weighted by atomic mass is 9.88. The van der Waals surface area contributed by atoms with Gasteiger partial charge in [0.15, 0.2) is 0 Å². The van der Waals surface area contributed by atoms with Crippen LogP contribution >= 0.6 is 0 Å². The second kappa shape index (κ2) is 7.68. The van der Waals surface area contributed by atoms with Crippen molar-refractivity contribution in [2.75, 3.05) is 0 Å². The van der Waals surface area contributed by atoms with Crippen LogP contribution in [-0.2, 0) is 12.8 Å². The predicted molar refractivity (Wildman–Crippen MR) is 126 cm³/mol. The molecule has 0 atom stereocenters. The Balaban J connectivity index is 1.70. The second-order valence-electron chi connectivity index (χ2n) is 8.07. The van der Waals surface area contributed by atoms with Crippen molar-refractivity contribution in [3.05, 3.63) is 125 Å². The molecule has 0 aromatic heterocycles. The van der Waals surface area contributed by atoms with E-state index in [1.165, 1.54) is 49.4 Å². The monoisotopic (exact) mass is 388 g/mol. The number of aryl methyl sites for hydroxylation is 1. The van der Waals surface area contributed by atoms with Gasteiger partial charge < -0.3 is 5.11 Å². The predicted octanol–water partition coefficient (Wildman–Crippen LogP) is 7.19. The molecule has 5 rings (SSSR count). The third-order valence-electron chi connectivity index (χ3n) is 6.05. The standard InChI is InChI=1S/C29H24O/c1-20-6-2-3-7-22(20)17-25-12-13-26-18-23-8-4-5-9-24(23)19-29(26)28(25)16-21-10-14-27(30)15-11-21/h2-15,18-19,30H,16-17H2,1H3. The fourth-order valence-electron chi connectivity index (χ4n) is 4.33. The SMILES string of the molecule is Cc1ccccc1Cc1ccc2cc3ccccc3cc2c1Cc1ccc(O)cc1. The van der Waals surface area contributed by atoms with Crippen LogP contribution in [0.3, 0.4) is 0 Å². The van der Waals surface area contributed by atoms with Crippen LogP contribution in [0.25, 0.3) is 21.5 Å². The average molecular weight is 389 g/mol. The fourth-order valence-corrected chi connectivity index (χ4v) is 4.33.